The van der Waals surface area contributed by atoms with Gasteiger partial charge < -0.3 is 22.9 Å². The normalized spacial score (nSPS) is 13.4. The third kappa shape index (κ3) is 10.0. The van der Waals surface area contributed by atoms with Gasteiger partial charge in [-0.1, -0.05) is 55.4 Å². The number of rotatable bonds is 2. The molecule has 5 heteroatoms. The second-order valence-corrected chi connectivity index (χ2v) is 6.50. The Morgan fingerprint density at radius 1 is 0.412 bits per heavy atom. The molecule has 0 saturated heterocycles. The van der Waals surface area contributed by atoms with E-state index >= 15 is 0 Å². The van der Waals surface area contributed by atoms with Crippen LogP contribution in [-0.4, -0.2) is 22.2 Å². The molecule has 0 fully saturated rings. The molecule has 0 atom stereocenters. The Balaban J connectivity index is -0.000000218. The van der Waals surface area contributed by atoms with Crippen LogP contribution in [0.5, 0.6) is 0 Å². The minimum Gasteiger partial charge on any atom is -0.673 e. The van der Waals surface area contributed by atoms with Crippen molar-refractivity contribution >= 4 is 0 Å². The van der Waals surface area contributed by atoms with Crippen LogP contribution in [0.3, 0.4) is 0 Å². The van der Waals surface area contributed by atoms with Gasteiger partial charge >= 0.3 is 0 Å². The van der Waals surface area contributed by atoms with E-state index in [-0.39, 0.29) is 17.1 Å². The van der Waals surface area contributed by atoms with Crippen LogP contribution in [0.4, 0.5) is 0 Å². The first-order chi connectivity index (χ1) is 6.50. The third-order valence-corrected chi connectivity index (χ3v) is 3.12. The zero-order valence-electron chi connectivity index (χ0n) is 12.3. The molecule has 0 aromatic heterocycles. The van der Waals surface area contributed by atoms with Crippen LogP contribution >= 0.6 is 0 Å². The van der Waals surface area contributed by atoms with E-state index in [1.165, 1.54) is 0 Å². The summed E-state index contributed by atoms with van der Waals surface area (Å²) < 4.78 is 0. The molecule has 0 rings (SSSR count). The van der Waals surface area contributed by atoms with Crippen molar-refractivity contribution in [1.29, 1.82) is 0 Å². The van der Waals surface area contributed by atoms with Gasteiger partial charge in [-0.3, -0.25) is 0 Å². The molecule has 0 spiro atoms. The average Bonchev–Trinajstić information content (AvgIpc) is 1.77. The molecule has 0 bridgehead atoms. The summed E-state index contributed by atoms with van der Waals surface area (Å²) in [7, 11) is 0. The quantitative estimate of drug-likeness (QED) is 0.618. The molecule has 0 saturated carbocycles. The van der Waals surface area contributed by atoms with Gasteiger partial charge in [-0.25, -0.2) is 0 Å². The van der Waals surface area contributed by atoms with Crippen LogP contribution in [0, 0.1) is 0 Å². The van der Waals surface area contributed by atoms with Crippen LogP contribution in [0.1, 0.15) is 55.4 Å². The van der Waals surface area contributed by atoms with Crippen molar-refractivity contribution in [3.63, 3.8) is 0 Å². The van der Waals surface area contributed by atoms with Gasteiger partial charge in [0.15, 0.2) is 0 Å². The van der Waals surface area contributed by atoms with Gasteiger partial charge in [0.1, 0.15) is 0 Å². The predicted molar refractivity (Wildman–Crippen MR) is 73.6 cm³/mol. The molecule has 0 amide bonds. The first-order valence-corrected chi connectivity index (χ1v) is 5.50. The summed E-state index contributed by atoms with van der Waals surface area (Å²) in [5, 5.41) is 0. The smallest absolute Gasteiger partial charge is 0 e. The summed E-state index contributed by atoms with van der Waals surface area (Å²) in [6.45, 7) is 14.0. The minimum atomic E-state index is -0.646. The Bertz CT molecular complexity index is 153. The molecule has 4 nitrogen and oxygen atoms in total. The van der Waals surface area contributed by atoms with Crippen LogP contribution in [0.2, 0.25) is 0 Å². The second-order valence-electron chi connectivity index (χ2n) is 6.50. The summed E-state index contributed by atoms with van der Waals surface area (Å²) in [6, 6.07) is 0. The first kappa shape index (κ1) is 22.5. The molecular weight excluding hydrogens is 264 g/mol. The van der Waals surface area contributed by atoms with E-state index < -0.39 is 22.2 Å². The SMILES string of the molecule is CC(C)([NH-])C(C)(C)[NH-].CC(C)([NH-])C(C)(C)[NH-].[Cu]. The number of nitrogens with one attached hydrogen (secondary N) is 4. The van der Waals surface area contributed by atoms with E-state index in [0.29, 0.717) is 0 Å². The van der Waals surface area contributed by atoms with E-state index in [1.807, 2.05) is 0 Å². The largest absolute Gasteiger partial charge is 0.673 e. The van der Waals surface area contributed by atoms with Gasteiger partial charge in [-0.15, -0.1) is 22.2 Å². The van der Waals surface area contributed by atoms with Crippen LogP contribution in [-0.2, 0) is 17.1 Å². The molecule has 111 valence electrons. The van der Waals surface area contributed by atoms with Gasteiger partial charge in [-0.05, 0) is 0 Å². The zero-order chi connectivity index (χ0) is 14.0. The standard InChI is InChI=1S/2C6H14N2.Cu/c2*1-5(2,7)6(3,4)8;/h2*7-8H,1-4H3;/q2*-2;. The first-order valence-electron chi connectivity index (χ1n) is 5.50. The van der Waals surface area contributed by atoms with Crippen molar-refractivity contribution < 1.29 is 17.1 Å². The van der Waals surface area contributed by atoms with Crippen molar-refractivity contribution in [1.82, 2.24) is 0 Å². The molecular formula is C12H28CuN4-4. The van der Waals surface area contributed by atoms with Crippen molar-refractivity contribution in [2.45, 2.75) is 77.5 Å². The summed E-state index contributed by atoms with van der Waals surface area (Å²) in [5.41, 5.74) is 27.0. The molecule has 4 N–H and O–H groups in total. The molecule has 0 aliphatic rings. The maximum atomic E-state index is 7.40. The molecule has 0 heterocycles. The van der Waals surface area contributed by atoms with Gasteiger partial charge in [0.2, 0.25) is 0 Å². The van der Waals surface area contributed by atoms with Gasteiger partial charge in [0.05, 0.1) is 0 Å². The minimum absolute atomic E-state index is 0. The summed E-state index contributed by atoms with van der Waals surface area (Å²) in [4.78, 5) is 0. The maximum Gasteiger partial charge on any atom is 0 e. The topological polar surface area (TPSA) is 95.2 Å². The van der Waals surface area contributed by atoms with Gasteiger partial charge in [0.25, 0.3) is 0 Å². The monoisotopic (exact) mass is 291 g/mol. The predicted octanol–water partition coefficient (Wildman–Crippen LogP) is 5.29. The fourth-order valence-electron chi connectivity index (χ4n) is 0. The Hall–Kier alpha value is 0.359. The number of hydrogen-bond donors (Lipinski definition) is 0. The van der Waals surface area contributed by atoms with Crippen LogP contribution in [0.15, 0.2) is 0 Å². The van der Waals surface area contributed by atoms with E-state index in [0.717, 1.165) is 0 Å². The second kappa shape index (κ2) is 6.50. The summed E-state index contributed by atoms with van der Waals surface area (Å²) >= 11 is 0. The van der Waals surface area contributed by atoms with Gasteiger partial charge in [-0.2, -0.15) is 0 Å². The van der Waals surface area contributed by atoms with Gasteiger partial charge in [0, 0.05) is 17.1 Å². The van der Waals surface area contributed by atoms with Crippen molar-refractivity contribution in [3.05, 3.63) is 22.9 Å². The summed E-state index contributed by atoms with van der Waals surface area (Å²) in [6.07, 6.45) is 0. The third-order valence-electron chi connectivity index (χ3n) is 3.12. The molecule has 0 unspecified atom stereocenters. The Morgan fingerprint density at radius 2 is 0.471 bits per heavy atom. The van der Waals surface area contributed by atoms with E-state index in [4.69, 9.17) is 22.9 Å². The van der Waals surface area contributed by atoms with Crippen molar-refractivity contribution in [3.8, 4) is 0 Å². The molecule has 17 heavy (non-hydrogen) atoms. The number of hydrogen-bond acceptors (Lipinski definition) is 0. The fraction of sp³-hybridized carbons (Fsp3) is 1.00. The van der Waals surface area contributed by atoms with E-state index in [1.54, 1.807) is 55.4 Å². The molecule has 0 aromatic carbocycles. The summed E-state index contributed by atoms with van der Waals surface area (Å²) in [5.74, 6) is 0. The Labute approximate surface area is 118 Å². The zero-order valence-corrected chi connectivity index (χ0v) is 13.2. The maximum absolute atomic E-state index is 7.40. The van der Waals surface area contributed by atoms with Crippen molar-refractivity contribution in [2.24, 2.45) is 0 Å². The molecule has 0 aliphatic carbocycles. The Morgan fingerprint density at radius 3 is 0.471 bits per heavy atom. The molecule has 0 aromatic rings. The van der Waals surface area contributed by atoms with Crippen LogP contribution < -0.4 is 0 Å². The van der Waals surface area contributed by atoms with E-state index in [2.05, 4.69) is 0 Å². The average molecular weight is 292 g/mol. The van der Waals surface area contributed by atoms with Crippen LogP contribution in [0.25, 0.3) is 22.9 Å². The van der Waals surface area contributed by atoms with E-state index in [9.17, 15) is 0 Å². The Kier molecular flexibility index (Phi) is 8.62. The molecule has 0 aliphatic heterocycles. The molecule has 1 radical (unpaired) electrons. The fourth-order valence-corrected chi connectivity index (χ4v) is 0. The van der Waals surface area contributed by atoms with Crippen molar-refractivity contribution in [2.75, 3.05) is 0 Å².